The van der Waals surface area contributed by atoms with E-state index in [9.17, 15) is 0 Å². The van der Waals surface area contributed by atoms with Gasteiger partial charge < -0.3 is 0 Å². The van der Waals surface area contributed by atoms with Gasteiger partial charge in [0.1, 0.15) is 0 Å². The second-order valence-corrected chi connectivity index (χ2v) is 18.0. The molecule has 1 rings (SSSR count). The van der Waals surface area contributed by atoms with Gasteiger partial charge in [0, 0.05) is 0 Å². The van der Waals surface area contributed by atoms with Crippen LogP contribution in [-0.4, -0.2) is 55.5 Å². The Morgan fingerprint density at radius 2 is 0.867 bits per heavy atom. The van der Waals surface area contributed by atoms with Gasteiger partial charge in [-0.1, -0.05) is 12.2 Å². The first-order chi connectivity index (χ1) is 14.0. The molecule has 0 saturated carbocycles. The van der Waals surface area contributed by atoms with Crippen molar-refractivity contribution in [2.45, 2.75) is 75.2 Å². The van der Waals surface area contributed by atoms with E-state index >= 15 is 0 Å². The second kappa shape index (κ2) is 34.7. The van der Waals surface area contributed by atoms with Crippen LogP contribution in [0.2, 0.25) is 0 Å². The third-order valence-corrected chi connectivity index (χ3v) is 14.5. The fourth-order valence-corrected chi connectivity index (χ4v) is 7.36. The number of hydrogen-bond acceptors (Lipinski definition) is 0. The van der Waals surface area contributed by atoms with E-state index in [-0.39, 0.29) is 43.2 Å². The fourth-order valence-electron chi connectivity index (χ4n) is 2.86. The molecule has 0 nitrogen and oxygen atoms in total. The van der Waals surface area contributed by atoms with Crippen molar-refractivity contribution in [3.05, 3.63) is 36.5 Å². The minimum Gasteiger partial charge on any atom is -0.275 e. The molecule has 0 aromatic carbocycles. The van der Waals surface area contributed by atoms with E-state index in [0.29, 0.717) is 0 Å². The Bertz CT molecular complexity index is 294. The molecule has 4 heteroatoms. The van der Waals surface area contributed by atoms with Gasteiger partial charge >= 0.3 is 19.5 Å². The SMILES string of the molecule is CC[PH+](CC)CC.CC[PH+](CC)CC.CC[PH+](CC)CC.[C-]1=CC=CC=CCC1.[Ru+]. The largest absolute Gasteiger partial charge is 1.00 e. The van der Waals surface area contributed by atoms with Crippen LogP contribution >= 0.6 is 23.8 Å². The summed E-state index contributed by atoms with van der Waals surface area (Å²) >= 11 is 0. The first-order valence-corrected chi connectivity index (χ1v) is 18.8. The third kappa shape index (κ3) is 31.3. The van der Waals surface area contributed by atoms with Gasteiger partial charge in [0.2, 0.25) is 0 Å². The quantitative estimate of drug-likeness (QED) is 0.149. The molecule has 0 unspecified atom stereocenters. The van der Waals surface area contributed by atoms with Crippen molar-refractivity contribution in [1.29, 1.82) is 0 Å². The second-order valence-electron chi connectivity index (χ2n) is 7.15. The summed E-state index contributed by atoms with van der Waals surface area (Å²) in [4.78, 5) is 0. The zero-order valence-corrected chi connectivity index (χ0v) is 26.8. The standard InChI is InChI=1S/C8H9.3C6H15P.Ru/c1-2-4-6-8-7-5-3-1;3*1-4-7(5-2)6-3;/h1-5H,6,8H2;3*4-6H2,1-3H3;/q-1;;;;+1/p+3. The predicted molar refractivity (Wildman–Crippen MR) is 155 cm³/mol. The monoisotopic (exact) mass is 564 g/mol. The van der Waals surface area contributed by atoms with Crippen molar-refractivity contribution in [2.75, 3.05) is 55.5 Å². The van der Waals surface area contributed by atoms with E-state index in [1.54, 1.807) is 0 Å². The molecule has 0 aromatic heterocycles. The third-order valence-electron chi connectivity index (χ3n) is 5.53. The Balaban J connectivity index is -0.000000149. The predicted octanol–water partition coefficient (Wildman–Crippen LogP) is 9.03. The summed E-state index contributed by atoms with van der Waals surface area (Å²) in [6.45, 7) is 20.8. The Morgan fingerprint density at radius 1 is 0.533 bits per heavy atom. The van der Waals surface area contributed by atoms with Crippen LogP contribution in [0.5, 0.6) is 0 Å². The molecule has 0 N–H and O–H groups in total. The summed E-state index contributed by atoms with van der Waals surface area (Å²) in [6, 6.07) is 0. The average molecular weight is 564 g/mol. The topological polar surface area (TPSA) is 0 Å². The van der Waals surface area contributed by atoms with Crippen LogP contribution in [-0.2, 0) is 19.5 Å². The molecular weight excluding hydrogens is 506 g/mol. The van der Waals surface area contributed by atoms with Gasteiger partial charge in [-0.05, 0) is 92.5 Å². The van der Waals surface area contributed by atoms with E-state index < -0.39 is 0 Å². The smallest absolute Gasteiger partial charge is 0.275 e. The molecule has 0 atom stereocenters. The maximum absolute atomic E-state index is 3.12. The van der Waals surface area contributed by atoms with E-state index in [2.05, 4.69) is 80.5 Å². The molecule has 0 bridgehead atoms. The Morgan fingerprint density at radius 3 is 1.13 bits per heavy atom. The normalized spacial score (nSPS) is 12.0. The molecule has 30 heavy (non-hydrogen) atoms. The van der Waals surface area contributed by atoms with Gasteiger partial charge in [-0.3, -0.25) is 6.08 Å². The molecular formula is C26H57P3Ru+3. The molecule has 0 saturated heterocycles. The van der Waals surface area contributed by atoms with Gasteiger partial charge in [-0.25, -0.2) is 12.2 Å². The molecule has 1 aliphatic rings. The summed E-state index contributed by atoms with van der Waals surface area (Å²) in [7, 11) is 0.412. The number of rotatable bonds is 9. The minimum absolute atomic E-state index is 0. The first-order valence-electron chi connectivity index (χ1n) is 12.4. The van der Waals surface area contributed by atoms with Crippen molar-refractivity contribution < 1.29 is 19.5 Å². The van der Waals surface area contributed by atoms with Crippen molar-refractivity contribution in [2.24, 2.45) is 0 Å². The van der Waals surface area contributed by atoms with E-state index in [0.717, 1.165) is 12.8 Å². The first kappa shape index (κ1) is 38.4. The molecule has 181 valence electrons. The summed E-state index contributed by atoms with van der Waals surface area (Å²) in [6.07, 6.45) is 28.6. The summed E-state index contributed by atoms with van der Waals surface area (Å²) in [5.41, 5.74) is 0. The van der Waals surface area contributed by atoms with Crippen molar-refractivity contribution in [3.8, 4) is 0 Å². The maximum Gasteiger partial charge on any atom is 1.00 e. The van der Waals surface area contributed by atoms with Gasteiger partial charge in [-0.15, -0.1) is 12.5 Å². The average Bonchev–Trinajstić information content (AvgIpc) is 2.73. The molecule has 0 spiro atoms. The minimum atomic E-state index is 0. The van der Waals surface area contributed by atoms with Crippen molar-refractivity contribution in [1.82, 2.24) is 0 Å². The Labute approximate surface area is 209 Å². The molecule has 0 fully saturated rings. The summed E-state index contributed by atoms with van der Waals surface area (Å²) in [5.74, 6) is 0. The Hall–Kier alpha value is 1.13. The molecule has 0 amide bonds. The fraction of sp³-hybridized carbons (Fsp3) is 0.769. The van der Waals surface area contributed by atoms with Gasteiger partial charge in [-0.2, -0.15) is 0 Å². The summed E-state index contributed by atoms with van der Waals surface area (Å²) in [5, 5.41) is 0. The van der Waals surface area contributed by atoms with Crippen LogP contribution in [0, 0.1) is 6.08 Å². The van der Waals surface area contributed by atoms with Gasteiger partial charge in [0.05, 0.1) is 55.5 Å². The van der Waals surface area contributed by atoms with Crippen LogP contribution in [0.3, 0.4) is 0 Å². The zero-order chi connectivity index (χ0) is 22.8. The van der Waals surface area contributed by atoms with E-state index in [1.165, 1.54) is 55.5 Å². The van der Waals surface area contributed by atoms with E-state index in [1.807, 2.05) is 18.2 Å². The van der Waals surface area contributed by atoms with Crippen LogP contribution < -0.4 is 0 Å². The maximum atomic E-state index is 3.12. The van der Waals surface area contributed by atoms with Crippen LogP contribution in [0.15, 0.2) is 30.4 Å². The number of hydrogen-bond donors (Lipinski definition) is 0. The molecule has 0 heterocycles. The molecule has 1 aliphatic carbocycles. The van der Waals surface area contributed by atoms with Crippen LogP contribution in [0.1, 0.15) is 75.2 Å². The molecule has 1 radical (unpaired) electrons. The van der Waals surface area contributed by atoms with Gasteiger partial charge in [0.15, 0.2) is 0 Å². The van der Waals surface area contributed by atoms with Crippen LogP contribution in [0.4, 0.5) is 0 Å². The van der Waals surface area contributed by atoms with Crippen molar-refractivity contribution >= 4 is 23.8 Å². The summed E-state index contributed by atoms with van der Waals surface area (Å²) < 4.78 is 0. The zero-order valence-electron chi connectivity index (χ0n) is 22.0. The molecule has 0 aliphatic heterocycles. The number of allylic oxidation sites excluding steroid dienone is 6. The van der Waals surface area contributed by atoms with Crippen molar-refractivity contribution in [3.63, 3.8) is 0 Å². The van der Waals surface area contributed by atoms with E-state index in [4.69, 9.17) is 0 Å². The van der Waals surface area contributed by atoms with Crippen LogP contribution in [0.25, 0.3) is 0 Å². The Kier molecular flexibility index (Phi) is 44.5. The van der Waals surface area contributed by atoms with Gasteiger partial charge in [0.25, 0.3) is 0 Å². The molecule has 0 aromatic rings.